The summed E-state index contributed by atoms with van der Waals surface area (Å²) in [5.74, 6) is 1.02. The molecular formula is C15H11Br2N3O. The smallest absolute Gasteiger partial charge is 0.258 e. The third kappa shape index (κ3) is 2.87. The van der Waals surface area contributed by atoms with Crippen LogP contribution in [0.4, 0.5) is 5.69 Å². The van der Waals surface area contributed by atoms with Gasteiger partial charge < -0.3 is 10.3 Å². The third-order valence-electron chi connectivity index (χ3n) is 3.10. The highest BCUT2D eigenvalue weighted by atomic mass is 79.9. The van der Waals surface area contributed by atoms with Crippen molar-refractivity contribution in [2.24, 2.45) is 0 Å². The molecule has 106 valence electrons. The van der Waals surface area contributed by atoms with Crippen molar-refractivity contribution in [2.75, 3.05) is 5.73 Å². The molecule has 0 unspecified atom stereocenters. The summed E-state index contributed by atoms with van der Waals surface area (Å²) in [4.78, 5) is 4.45. The summed E-state index contributed by atoms with van der Waals surface area (Å²) in [6.45, 7) is 2.01. The highest BCUT2D eigenvalue weighted by Crippen LogP contribution is 2.29. The number of hydrogen-bond acceptors (Lipinski definition) is 4. The maximum absolute atomic E-state index is 5.87. The Hall–Kier alpha value is -1.66. The number of halogens is 2. The zero-order chi connectivity index (χ0) is 15.0. The number of hydrogen-bond donors (Lipinski definition) is 1. The maximum Gasteiger partial charge on any atom is 0.258 e. The Kier molecular flexibility index (Phi) is 3.82. The number of nitrogens with zero attached hydrogens (tertiary/aromatic N) is 2. The lowest BCUT2D eigenvalue weighted by molar-refractivity contribution is 0.432. The third-order valence-corrected chi connectivity index (χ3v) is 4.31. The molecule has 4 nitrogen and oxygen atoms in total. The molecule has 2 aromatic carbocycles. The van der Waals surface area contributed by atoms with Crippen LogP contribution < -0.4 is 5.73 Å². The molecule has 0 saturated carbocycles. The van der Waals surface area contributed by atoms with Gasteiger partial charge in [-0.05, 0) is 64.8 Å². The summed E-state index contributed by atoms with van der Waals surface area (Å²) >= 11 is 6.81. The molecule has 0 radical (unpaired) electrons. The highest BCUT2D eigenvalue weighted by molar-refractivity contribution is 9.10. The van der Waals surface area contributed by atoms with Crippen molar-refractivity contribution >= 4 is 37.5 Å². The SMILES string of the molecule is Cc1cc(Br)ccc1-c1noc(-c2ccc(Br)c(N)c2)n1. The Labute approximate surface area is 138 Å². The molecule has 0 amide bonds. The Morgan fingerprint density at radius 2 is 1.90 bits per heavy atom. The lowest BCUT2D eigenvalue weighted by atomic mass is 10.1. The van der Waals surface area contributed by atoms with Crippen LogP contribution in [0.25, 0.3) is 22.8 Å². The van der Waals surface area contributed by atoms with Gasteiger partial charge in [0.2, 0.25) is 5.82 Å². The van der Waals surface area contributed by atoms with Crippen molar-refractivity contribution < 1.29 is 4.52 Å². The average molecular weight is 409 g/mol. The minimum atomic E-state index is 0.450. The molecule has 6 heteroatoms. The van der Waals surface area contributed by atoms with Gasteiger partial charge >= 0.3 is 0 Å². The van der Waals surface area contributed by atoms with E-state index in [2.05, 4.69) is 42.0 Å². The van der Waals surface area contributed by atoms with Crippen molar-refractivity contribution in [1.82, 2.24) is 10.1 Å². The zero-order valence-electron chi connectivity index (χ0n) is 11.1. The molecule has 0 aliphatic heterocycles. The monoisotopic (exact) mass is 407 g/mol. The molecule has 1 aromatic heterocycles. The number of rotatable bonds is 2. The normalized spacial score (nSPS) is 10.8. The Bertz CT molecular complexity index is 814. The van der Waals surface area contributed by atoms with Gasteiger partial charge in [-0.25, -0.2) is 0 Å². The quantitative estimate of drug-likeness (QED) is 0.617. The van der Waals surface area contributed by atoms with Crippen LogP contribution in [0.3, 0.4) is 0 Å². The van der Waals surface area contributed by atoms with Gasteiger partial charge in [-0.1, -0.05) is 21.1 Å². The van der Waals surface area contributed by atoms with Crippen LogP contribution in [-0.2, 0) is 0 Å². The maximum atomic E-state index is 5.87. The standard InChI is InChI=1S/C15H11Br2N3O/c1-8-6-10(16)3-4-11(8)14-19-15(21-20-14)9-2-5-12(17)13(18)7-9/h2-7H,18H2,1H3. The van der Waals surface area contributed by atoms with E-state index >= 15 is 0 Å². The van der Waals surface area contributed by atoms with E-state index in [1.807, 2.05) is 37.3 Å². The molecule has 21 heavy (non-hydrogen) atoms. The summed E-state index contributed by atoms with van der Waals surface area (Å²) in [6.07, 6.45) is 0. The average Bonchev–Trinajstić information content (AvgIpc) is 2.91. The number of aromatic nitrogens is 2. The highest BCUT2D eigenvalue weighted by Gasteiger charge is 2.13. The van der Waals surface area contributed by atoms with Crippen LogP contribution in [0.1, 0.15) is 5.56 Å². The number of aryl methyl sites for hydroxylation is 1. The molecule has 1 heterocycles. The van der Waals surface area contributed by atoms with E-state index in [1.54, 1.807) is 6.07 Å². The topological polar surface area (TPSA) is 64.9 Å². The van der Waals surface area contributed by atoms with Gasteiger partial charge in [-0.3, -0.25) is 0 Å². The second-order valence-electron chi connectivity index (χ2n) is 4.62. The van der Waals surface area contributed by atoms with E-state index in [9.17, 15) is 0 Å². The Morgan fingerprint density at radius 1 is 1.10 bits per heavy atom. The first kappa shape index (κ1) is 14.3. The lowest BCUT2D eigenvalue weighted by Crippen LogP contribution is -1.88. The van der Waals surface area contributed by atoms with Crippen molar-refractivity contribution in [3.63, 3.8) is 0 Å². The molecule has 3 rings (SSSR count). The second kappa shape index (κ2) is 5.61. The molecular weight excluding hydrogens is 398 g/mol. The summed E-state index contributed by atoms with van der Waals surface area (Å²) in [6, 6.07) is 11.5. The predicted molar refractivity (Wildman–Crippen MR) is 89.7 cm³/mol. The summed E-state index contributed by atoms with van der Waals surface area (Å²) in [7, 11) is 0. The van der Waals surface area contributed by atoms with E-state index in [1.165, 1.54) is 0 Å². The van der Waals surface area contributed by atoms with Crippen LogP contribution in [-0.4, -0.2) is 10.1 Å². The van der Waals surface area contributed by atoms with Crippen LogP contribution in [0, 0.1) is 6.92 Å². The largest absolute Gasteiger partial charge is 0.398 e. The Morgan fingerprint density at radius 3 is 2.62 bits per heavy atom. The van der Waals surface area contributed by atoms with E-state index in [4.69, 9.17) is 10.3 Å². The second-order valence-corrected chi connectivity index (χ2v) is 6.39. The number of anilines is 1. The van der Waals surface area contributed by atoms with Crippen LogP contribution >= 0.6 is 31.9 Å². The van der Waals surface area contributed by atoms with Gasteiger partial charge in [0.1, 0.15) is 0 Å². The fourth-order valence-electron chi connectivity index (χ4n) is 2.00. The molecule has 0 aliphatic carbocycles. The Balaban J connectivity index is 2.01. The molecule has 0 fully saturated rings. The van der Waals surface area contributed by atoms with Crippen LogP contribution in [0.15, 0.2) is 49.9 Å². The molecule has 0 aliphatic rings. The predicted octanol–water partition coefficient (Wildman–Crippen LogP) is 4.82. The van der Waals surface area contributed by atoms with Gasteiger partial charge in [0.25, 0.3) is 5.89 Å². The number of benzene rings is 2. The van der Waals surface area contributed by atoms with E-state index in [0.717, 1.165) is 25.6 Å². The number of nitrogen functional groups attached to an aromatic ring is 1. The van der Waals surface area contributed by atoms with Crippen LogP contribution in [0.5, 0.6) is 0 Å². The molecule has 3 aromatic rings. The fourth-order valence-corrected chi connectivity index (χ4v) is 2.73. The van der Waals surface area contributed by atoms with Gasteiger partial charge in [0, 0.05) is 25.8 Å². The van der Waals surface area contributed by atoms with E-state index in [0.29, 0.717) is 17.4 Å². The van der Waals surface area contributed by atoms with E-state index < -0.39 is 0 Å². The van der Waals surface area contributed by atoms with Gasteiger partial charge in [0.15, 0.2) is 0 Å². The first-order chi connectivity index (χ1) is 10.0. The van der Waals surface area contributed by atoms with Gasteiger partial charge in [-0.2, -0.15) is 4.98 Å². The zero-order valence-corrected chi connectivity index (χ0v) is 14.3. The van der Waals surface area contributed by atoms with E-state index in [-0.39, 0.29) is 0 Å². The molecule has 2 N–H and O–H groups in total. The van der Waals surface area contributed by atoms with Crippen molar-refractivity contribution in [1.29, 1.82) is 0 Å². The number of nitrogens with two attached hydrogens (primary N) is 1. The first-order valence-corrected chi connectivity index (χ1v) is 7.79. The lowest BCUT2D eigenvalue weighted by Gasteiger charge is -2.01. The van der Waals surface area contributed by atoms with Crippen molar-refractivity contribution in [2.45, 2.75) is 6.92 Å². The van der Waals surface area contributed by atoms with Gasteiger partial charge in [-0.15, -0.1) is 0 Å². The molecule has 0 saturated heterocycles. The van der Waals surface area contributed by atoms with Crippen LogP contribution in [0.2, 0.25) is 0 Å². The fraction of sp³-hybridized carbons (Fsp3) is 0.0667. The van der Waals surface area contributed by atoms with Crippen molar-refractivity contribution in [3.05, 3.63) is 50.9 Å². The van der Waals surface area contributed by atoms with Gasteiger partial charge in [0.05, 0.1) is 0 Å². The summed E-state index contributed by atoms with van der Waals surface area (Å²) in [5.41, 5.74) is 9.32. The molecule has 0 bridgehead atoms. The summed E-state index contributed by atoms with van der Waals surface area (Å²) < 4.78 is 7.21. The minimum absolute atomic E-state index is 0.450. The summed E-state index contributed by atoms with van der Waals surface area (Å²) in [5, 5.41) is 4.05. The molecule has 0 atom stereocenters. The first-order valence-electron chi connectivity index (χ1n) is 6.20. The molecule has 0 spiro atoms. The van der Waals surface area contributed by atoms with Crippen molar-refractivity contribution in [3.8, 4) is 22.8 Å². The minimum Gasteiger partial charge on any atom is -0.398 e.